The summed E-state index contributed by atoms with van der Waals surface area (Å²) < 4.78 is 4.97. The van der Waals surface area contributed by atoms with Gasteiger partial charge >= 0.3 is 11.8 Å². The number of hydrogen-bond acceptors (Lipinski definition) is 4. The van der Waals surface area contributed by atoms with Gasteiger partial charge in [0.25, 0.3) is 0 Å². The van der Waals surface area contributed by atoms with E-state index in [1.807, 2.05) is 0 Å². The molecule has 1 aliphatic rings. The highest BCUT2D eigenvalue weighted by atomic mass is 35.5. The third-order valence-corrected chi connectivity index (χ3v) is 4.02. The summed E-state index contributed by atoms with van der Waals surface area (Å²) in [6.45, 7) is 0.660. The van der Waals surface area contributed by atoms with E-state index in [0.717, 1.165) is 0 Å². The largest absolute Gasteiger partial charge is 0.348 e. The molecule has 0 aliphatic heterocycles. The SMILES string of the molecule is O=C(NCC1CC1)c1nc(Cc2c(Cl)cccc2Cl)no1. The van der Waals surface area contributed by atoms with Crippen LogP contribution in [0.25, 0.3) is 0 Å². The summed E-state index contributed by atoms with van der Waals surface area (Å²) in [6.07, 6.45) is 2.65. The highest BCUT2D eigenvalue weighted by Gasteiger charge is 2.23. The number of carbonyl (C=O) groups excluding carboxylic acids is 1. The van der Waals surface area contributed by atoms with Gasteiger partial charge in [0.05, 0.1) is 0 Å². The highest BCUT2D eigenvalue weighted by molar-refractivity contribution is 6.36. The first-order valence-corrected chi connectivity index (χ1v) is 7.42. The monoisotopic (exact) mass is 325 g/mol. The summed E-state index contributed by atoms with van der Waals surface area (Å²) in [5.41, 5.74) is 0.714. The molecule has 2 aromatic rings. The summed E-state index contributed by atoms with van der Waals surface area (Å²) in [4.78, 5) is 15.9. The molecule has 3 rings (SSSR count). The van der Waals surface area contributed by atoms with E-state index in [9.17, 15) is 4.79 Å². The Morgan fingerprint density at radius 1 is 1.33 bits per heavy atom. The molecule has 5 nitrogen and oxygen atoms in total. The molecule has 0 bridgehead atoms. The summed E-state index contributed by atoms with van der Waals surface area (Å²) >= 11 is 12.2. The van der Waals surface area contributed by atoms with Gasteiger partial charge in [0.2, 0.25) is 0 Å². The third kappa shape index (κ3) is 3.54. The molecule has 1 aromatic heterocycles. The zero-order chi connectivity index (χ0) is 14.8. The fourth-order valence-corrected chi connectivity index (χ4v) is 2.44. The van der Waals surface area contributed by atoms with Gasteiger partial charge in [-0.15, -0.1) is 0 Å². The highest BCUT2D eigenvalue weighted by Crippen LogP contribution is 2.28. The van der Waals surface area contributed by atoms with Gasteiger partial charge in [-0.25, -0.2) is 0 Å². The van der Waals surface area contributed by atoms with Gasteiger partial charge in [0.1, 0.15) is 0 Å². The van der Waals surface area contributed by atoms with Crippen molar-refractivity contribution in [3.8, 4) is 0 Å². The second kappa shape index (κ2) is 6.03. The van der Waals surface area contributed by atoms with Crippen LogP contribution >= 0.6 is 23.2 Å². The van der Waals surface area contributed by atoms with E-state index in [1.165, 1.54) is 12.8 Å². The van der Waals surface area contributed by atoms with Crippen molar-refractivity contribution in [1.82, 2.24) is 15.5 Å². The summed E-state index contributed by atoms with van der Waals surface area (Å²) in [5, 5.41) is 7.64. The van der Waals surface area contributed by atoms with Crippen molar-refractivity contribution in [3.05, 3.63) is 45.5 Å². The van der Waals surface area contributed by atoms with Crippen LogP contribution in [0.3, 0.4) is 0 Å². The maximum Gasteiger partial charge on any atom is 0.315 e. The standard InChI is InChI=1S/C14H13Cl2N3O2/c15-10-2-1-3-11(16)9(10)6-12-18-14(21-19-12)13(20)17-7-8-4-5-8/h1-3,8H,4-7H2,(H,17,20). The Balaban J connectivity index is 1.68. The maximum atomic E-state index is 11.8. The fourth-order valence-electron chi connectivity index (χ4n) is 1.91. The number of nitrogens with zero attached hydrogens (tertiary/aromatic N) is 2. The molecule has 0 spiro atoms. The molecule has 1 amide bonds. The van der Waals surface area contributed by atoms with Crippen LogP contribution in [0.2, 0.25) is 10.0 Å². The zero-order valence-corrected chi connectivity index (χ0v) is 12.6. The minimum absolute atomic E-state index is 0.0335. The van der Waals surface area contributed by atoms with Crippen molar-refractivity contribution >= 4 is 29.1 Å². The fraction of sp³-hybridized carbons (Fsp3) is 0.357. The number of nitrogens with one attached hydrogen (secondary N) is 1. The van der Waals surface area contributed by atoms with Gasteiger partial charge in [-0.3, -0.25) is 4.79 Å². The molecular formula is C14H13Cl2N3O2. The van der Waals surface area contributed by atoms with Crippen LogP contribution in [0.1, 0.15) is 34.9 Å². The van der Waals surface area contributed by atoms with Gasteiger partial charge < -0.3 is 9.84 Å². The van der Waals surface area contributed by atoms with E-state index in [2.05, 4.69) is 15.5 Å². The molecule has 0 unspecified atom stereocenters. The average molecular weight is 326 g/mol. The minimum Gasteiger partial charge on any atom is -0.348 e. The smallest absolute Gasteiger partial charge is 0.315 e. The predicted octanol–water partition coefficient (Wildman–Crippen LogP) is 3.11. The molecular weight excluding hydrogens is 313 g/mol. The molecule has 1 fully saturated rings. The molecule has 0 atom stereocenters. The van der Waals surface area contributed by atoms with Crippen molar-refractivity contribution in [1.29, 1.82) is 0 Å². The number of carbonyl (C=O) groups is 1. The molecule has 1 aromatic carbocycles. The summed E-state index contributed by atoms with van der Waals surface area (Å²) in [6, 6.07) is 5.25. The lowest BCUT2D eigenvalue weighted by atomic mass is 10.1. The Kier molecular flexibility index (Phi) is 4.12. The molecule has 0 saturated heterocycles. The molecule has 7 heteroatoms. The van der Waals surface area contributed by atoms with Crippen molar-refractivity contribution in [2.45, 2.75) is 19.3 Å². The van der Waals surface area contributed by atoms with Crippen LogP contribution in [0.4, 0.5) is 0 Å². The minimum atomic E-state index is -0.342. The van der Waals surface area contributed by atoms with Crippen molar-refractivity contribution in [2.24, 2.45) is 5.92 Å². The number of amides is 1. The Morgan fingerprint density at radius 3 is 2.71 bits per heavy atom. The zero-order valence-electron chi connectivity index (χ0n) is 11.1. The molecule has 0 radical (unpaired) electrons. The first-order valence-electron chi connectivity index (χ1n) is 6.67. The number of benzene rings is 1. The molecule has 21 heavy (non-hydrogen) atoms. The topological polar surface area (TPSA) is 68.0 Å². The number of rotatable bonds is 5. The second-order valence-corrected chi connectivity index (χ2v) is 5.86. The molecule has 1 N–H and O–H groups in total. The quantitative estimate of drug-likeness (QED) is 0.917. The molecule has 1 heterocycles. The van der Waals surface area contributed by atoms with Crippen molar-refractivity contribution < 1.29 is 9.32 Å². The Hall–Kier alpha value is -1.59. The normalized spacial score (nSPS) is 14.2. The van der Waals surface area contributed by atoms with E-state index < -0.39 is 0 Å². The van der Waals surface area contributed by atoms with Crippen LogP contribution in [-0.2, 0) is 6.42 Å². The van der Waals surface area contributed by atoms with E-state index in [1.54, 1.807) is 18.2 Å². The van der Waals surface area contributed by atoms with Gasteiger partial charge in [-0.2, -0.15) is 4.98 Å². The van der Waals surface area contributed by atoms with Crippen LogP contribution in [0, 0.1) is 5.92 Å². The Bertz CT molecular complexity index is 648. The Labute approximate surface area is 131 Å². The van der Waals surface area contributed by atoms with Gasteiger partial charge in [-0.05, 0) is 36.5 Å². The first-order chi connectivity index (χ1) is 10.1. The van der Waals surface area contributed by atoms with E-state index >= 15 is 0 Å². The van der Waals surface area contributed by atoms with Crippen LogP contribution in [0.15, 0.2) is 22.7 Å². The van der Waals surface area contributed by atoms with Gasteiger partial charge in [0.15, 0.2) is 5.82 Å². The van der Waals surface area contributed by atoms with Crippen molar-refractivity contribution in [3.63, 3.8) is 0 Å². The van der Waals surface area contributed by atoms with Crippen LogP contribution < -0.4 is 5.32 Å². The van der Waals surface area contributed by atoms with E-state index in [-0.39, 0.29) is 11.8 Å². The predicted molar refractivity (Wildman–Crippen MR) is 78.6 cm³/mol. The first kappa shape index (κ1) is 14.4. The summed E-state index contributed by atoms with van der Waals surface area (Å²) in [5.74, 6) is 0.597. The Morgan fingerprint density at radius 2 is 2.05 bits per heavy atom. The molecule has 110 valence electrons. The maximum absolute atomic E-state index is 11.8. The lowest BCUT2D eigenvalue weighted by Gasteiger charge is -2.03. The number of aromatic nitrogens is 2. The van der Waals surface area contributed by atoms with Crippen LogP contribution in [0.5, 0.6) is 0 Å². The number of halogens is 2. The number of hydrogen-bond donors (Lipinski definition) is 1. The molecule has 1 saturated carbocycles. The second-order valence-electron chi connectivity index (χ2n) is 5.05. The van der Waals surface area contributed by atoms with Crippen LogP contribution in [-0.4, -0.2) is 22.6 Å². The van der Waals surface area contributed by atoms with E-state index in [0.29, 0.717) is 40.3 Å². The molecule has 1 aliphatic carbocycles. The lowest BCUT2D eigenvalue weighted by Crippen LogP contribution is -2.25. The lowest BCUT2D eigenvalue weighted by molar-refractivity contribution is 0.0908. The van der Waals surface area contributed by atoms with Gasteiger partial charge in [-0.1, -0.05) is 34.4 Å². The summed E-state index contributed by atoms with van der Waals surface area (Å²) in [7, 11) is 0. The third-order valence-electron chi connectivity index (χ3n) is 3.31. The van der Waals surface area contributed by atoms with Crippen molar-refractivity contribution in [2.75, 3.05) is 6.54 Å². The average Bonchev–Trinajstić information content (AvgIpc) is 3.17. The van der Waals surface area contributed by atoms with E-state index in [4.69, 9.17) is 27.7 Å². The van der Waals surface area contributed by atoms with Gasteiger partial charge in [0, 0.05) is 23.0 Å².